The Morgan fingerprint density at radius 1 is 1.05 bits per heavy atom. The molecule has 1 saturated heterocycles. The number of fused-ring (bicyclic) bond motifs is 2. The molecule has 2 unspecified atom stereocenters. The van der Waals surface area contributed by atoms with Crippen molar-refractivity contribution < 1.29 is 19.4 Å². The number of epoxide rings is 1. The SMILES string of the molecule is O=C1c2c(O)cccc2C(=O)C2(Sc3ccccc3)OC12. The molecule has 4 nitrogen and oxygen atoms in total. The quantitative estimate of drug-likeness (QED) is 0.863. The molecule has 0 radical (unpaired) electrons. The molecule has 1 aliphatic heterocycles. The number of rotatable bonds is 2. The first-order valence-corrected chi connectivity index (χ1v) is 7.28. The Labute approximate surface area is 124 Å². The van der Waals surface area contributed by atoms with E-state index in [9.17, 15) is 14.7 Å². The van der Waals surface area contributed by atoms with Crippen molar-refractivity contribution in [1.82, 2.24) is 0 Å². The number of benzene rings is 2. The number of ketones is 2. The van der Waals surface area contributed by atoms with E-state index in [0.29, 0.717) is 0 Å². The Kier molecular flexibility index (Phi) is 2.52. The number of Topliss-reactive ketones (excluding diaryl/α,β-unsaturated/α-hetero) is 2. The van der Waals surface area contributed by atoms with E-state index in [1.165, 1.54) is 17.8 Å². The van der Waals surface area contributed by atoms with E-state index in [-0.39, 0.29) is 28.4 Å². The number of aromatic hydroxyl groups is 1. The van der Waals surface area contributed by atoms with Crippen molar-refractivity contribution >= 4 is 23.3 Å². The maximum atomic E-state index is 12.7. The van der Waals surface area contributed by atoms with Crippen molar-refractivity contribution in [3.8, 4) is 5.75 Å². The number of hydrogen-bond donors (Lipinski definition) is 1. The van der Waals surface area contributed by atoms with E-state index in [1.807, 2.05) is 30.3 Å². The topological polar surface area (TPSA) is 66.9 Å². The van der Waals surface area contributed by atoms with Crippen LogP contribution in [0.1, 0.15) is 20.7 Å². The molecule has 1 heterocycles. The predicted molar refractivity (Wildman–Crippen MR) is 76.7 cm³/mol. The van der Waals surface area contributed by atoms with Crippen LogP contribution in [0.15, 0.2) is 53.4 Å². The summed E-state index contributed by atoms with van der Waals surface area (Å²) in [4.78, 5) is 24.7. The second-order valence-corrected chi connectivity index (χ2v) is 6.26. The van der Waals surface area contributed by atoms with E-state index in [1.54, 1.807) is 12.1 Å². The Bertz CT molecular complexity index is 771. The number of hydrogen-bond acceptors (Lipinski definition) is 5. The van der Waals surface area contributed by atoms with Gasteiger partial charge in [0.2, 0.25) is 16.5 Å². The zero-order chi connectivity index (χ0) is 14.6. The van der Waals surface area contributed by atoms with Crippen LogP contribution in [0, 0.1) is 0 Å². The second kappa shape index (κ2) is 4.19. The zero-order valence-electron chi connectivity index (χ0n) is 10.8. The summed E-state index contributed by atoms with van der Waals surface area (Å²) in [6.07, 6.45) is -0.809. The van der Waals surface area contributed by atoms with Crippen LogP contribution in [0.4, 0.5) is 0 Å². The summed E-state index contributed by atoms with van der Waals surface area (Å²) in [6.45, 7) is 0. The fourth-order valence-corrected chi connectivity index (χ4v) is 3.84. The Morgan fingerprint density at radius 3 is 2.57 bits per heavy atom. The molecule has 0 bridgehead atoms. The van der Waals surface area contributed by atoms with Gasteiger partial charge in [0, 0.05) is 10.5 Å². The van der Waals surface area contributed by atoms with Gasteiger partial charge in [-0.05, 0) is 18.2 Å². The summed E-state index contributed by atoms with van der Waals surface area (Å²) in [5, 5.41) is 9.82. The summed E-state index contributed by atoms with van der Waals surface area (Å²) >= 11 is 1.25. The second-order valence-electron chi connectivity index (χ2n) is 4.97. The van der Waals surface area contributed by atoms with Gasteiger partial charge in [-0.3, -0.25) is 9.59 Å². The molecule has 1 aliphatic carbocycles. The molecular weight excluding hydrogens is 288 g/mol. The van der Waals surface area contributed by atoms with Crippen LogP contribution in [0.25, 0.3) is 0 Å². The maximum Gasteiger partial charge on any atom is 0.216 e. The van der Waals surface area contributed by atoms with E-state index in [2.05, 4.69) is 0 Å². The van der Waals surface area contributed by atoms with Gasteiger partial charge in [0.1, 0.15) is 5.75 Å². The van der Waals surface area contributed by atoms with Crippen LogP contribution >= 0.6 is 11.8 Å². The Balaban J connectivity index is 1.79. The van der Waals surface area contributed by atoms with Crippen LogP contribution in [0.5, 0.6) is 5.75 Å². The highest BCUT2D eigenvalue weighted by Crippen LogP contribution is 2.56. The molecule has 104 valence electrons. The highest BCUT2D eigenvalue weighted by Gasteiger charge is 2.70. The van der Waals surface area contributed by atoms with Gasteiger partial charge in [-0.25, -0.2) is 0 Å². The van der Waals surface area contributed by atoms with Gasteiger partial charge in [-0.1, -0.05) is 42.1 Å². The predicted octanol–water partition coefficient (Wildman–Crippen LogP) is 2.66. The van der Waals surface area contributed by atoms with Gasteiger partial charge in [0.15, 0.2) is 6.10 Å². The molecular formula is C16H10O4S. The fraction of sp³-hybridized carbons (Fsp3) is 0.125. The first kappa shape index (κ1) is 12.6. The minimum atomic E-state index is -1.17. The monoisotopic (exact) mass is 298 g/mol. The Morgan fingerprint density at radius 2 is 1.81 bits per heavy atom. The summed E-state index contributed by atoms with van der Waals surface area (Å²) < 4.78 is 5.48. The summed E-state index contributed by atoms with van der Waals surface area (Å²) in [5.41, 5.74) is 0.312. The first-order valence-electron chi connectivity index (χ1n) is 6.46. The lowest BCUT2D eigenvalue weighted by Crippen LogP contribution is -2.34. The van der Waals surface area contributed by atoms with E-state index in [0.717, 1.165) is 4.90 Å². The van der Waals surface area contributed by atoms with Crippen LogP contribution in [0.3, 0.4) is 0 Å². The summed E-state index contributed by atoms with van der Waals surface area (Å²) in [6, 6.07) is 13.9. The normalized spacial score (nSPS) is 26.2. The average Bonchev–Trinajstić information content (AvgIpc) is 3.22. The minimum Gasteiger partial charge on any atom is -0.507 e. The molecule has 2 aliphatic rings. The third-order valence-electron chi connectivity index (χ3n) is 3.68. The summed E-state index contributed by atoms with van der Waals surface area (Å²) in [5.74, 6) is -0.752. The smallest absolute Gasteiger partial charge is 0.216 e. The van der Waals surface area contributed by atoms with Gasteiger partial charge >= 0.3 is 0 Å². The number of phenols is 1. The molecule has 0 spiro atoms. The highest BCUT2D eigenvalue weighted by atomic mass is 32.2. The van der Waals surface area contributed by atoms with E-state index >= 15 is 0 Å². The number of carbonyl (C=O) groups excluding carboxylic acids is 2. The third kappa shape index (κ3) is 1.68. The van der Waals surface area contributed by atoms with Gasteiger partial charge in [-0.15, -0.1) is 0 Å². The van der Waals surface area contributed by atoms with Crippen molar-refractivity contribution in [1.29, 1.82) is 0 Å². The fourth-order valence-electron chi connectivity index (χ4n) is 2.63. The minimum absolute atomic E-state index is 0.0780. The van der Waals surface area contributed by atoms with Gasteiger partial charge in [-0.2, -0.15) is 0 Å². The first-order chi connectivity index (χ1) is 10.1. The molecule has 2 atom stereocenters. The van der Waals surface area contributed by atoms with Crippen LogP contribution < -0.4 is 0 Å². The van der Waals surface area contributed by atoms with Crippen LogP contribution in [0.2, 0.25) is 0 Å². The van der Waals surface area contributed by atoms with Crippen molar-refractivity contribution in [2.45, 2.75) is 15.9 Å². The Hall–Kier alpha value is -2.11. The highest BCUT2D eigenvalue weighted by molar-refractivity contribution is 8.01. The van der Waals surface area contributed by atoms with Gasteiger partial charge in [0.05, 0.1) is 5.56 Å². The van der Waals surface area contributed by atoms with Gasteiger partial charge < -0.3 is 9.84 Å². The molecule has 2 aromatic rings. The molecule has 1 fully saturated rings. The molecule has 2 aromatic carbocycles. The number of phenolic OH excluding ortho intramolecular Hbond substituents is 1. The van der Waals surface area contributed by atoms with Crippen molar-refractivity contribution in [3.63, 3.8) is 0 Å². The molecule has 0 amide bonds. The standard InChI is InChI=1S/C16H10O4S/c17-11-8-4-7-10-12(11)13(18)15-16(20-15,14(10)19)21-9-5-2-1-3-6-9/h1-8,15,17H. The molecule has 5 heteroatoms. The zero-order valence-corrected chi connectivity index (χ0v) is 11.6. The van der Waals surface area contributed by atoms with Crippen molar-refractivity contribution in [2.75, 3.05) is 0 Å². The largest absolute Gasteiger partial charge is 0.507 e. The molecule has 0 aromatic heterocycles. The molecule has 4 rings (SSSR count). The van der Waals surface area contributed by atoms with E-state index in [4.69, 9.17) is 4.74 Å². The average molecular weight is 298 g/mol. The summed E-state index contributed by atoms with van der Waals surface area (Å²) in [7, 11) is 0. The van der Waals surface area contributed by atoms with Gasteiger partial charge in [0.25, 0.3) is 0 Å². The van der Waals surface area contributed by atoms with Crippen molar-refractivity contribution in [3.05, 3.63) is 59.7 Å². The van der Waals surface area contributed by atoms with Crippen molar-refractivity contribution in [2.24, 2.45) is 0 Å². The number of ether oxygens (including phenoxy) is 1. The lowest BCUT2D eigenvalue weighted by atomic mass is 9.88. The number of thioether (sulfide) groups is 1. The molecule has 0 saturated carbocycles. The lowest BCUT2D eigenvalue weighted by molar-refractivity contribution is 0.0909. The maximum absolute atomic E-state index is 12.7. The van der Waals surface area contributed by atoms with Crippen LogP contribution in [-0.2, 0) is 4.74 Å². The van der Waals surface area contributed by atoms with E-state index < -0.39 is 11.0 Å². The van der Waals surface area contributed by atoms with Crippen LogP contribution in [-0.4, -0.2) is 27.7 Å². The molecule has 1 N–H and O–H groups in total. The third-order valence-corrected chi connectivity index (χ3v) is 4.99. The lowest BCUT2D eigenvalue weighted by Gasteiger charge is -2.18. The number of carbonyl (C=O) groups is 2. The molecule has 21 heavy (non-hydrogen) atoms.